The summed E-state index contributed by atoms with van der Waals surface area (Å²) in [5.74, 6) is -13.6. The Hall–Kier alpha value is -2.29. The third-order valence-corrected chi connectivity index (χ3v) is 6.30. The number of benzene rings is 1. The highest BCUT2D eigenvalue weighted by Crippen LogP contribution is 2.46. The van der Waals surface area contributed by atoms with Crippen LogP contribution in [0.3, 0.4) is 0 Å². The quantitative estimate of drug-likeness (QED) is 0.273. The zero-order valence-corrected chi connectivity index (χ0v) is 16.5. The summed E-state index contributed by atoms with van der Waals surface area (Å²) in [5, 5.41) is 0. The predicted octanol–water partition coefficient (Wildman–Crippen LogP) is 5.67. The fourth-order valence-electron chi connectivity index (χ4n) is 3.11. The van der Waals surface area contributed by atoms with Crippen LogP contribution in [0.5, 0.6) is 0 Å². The molecule has 2 amide bonds. The Labute approximate surface area is 161 Å². The average Bonchev–Trinajstić information content (AvgIpc) is 3.11. The molecule has 3 nitrogen and oxygen atoms in total. The summed E-state index contributed by atoms with van der Waals surface area (Å²) in [5.41, 5.74) is -2.22. The van der Waals surface area contributed by atoms with Crippen molar-refractivity contribution in [2.45, 2.75) is 46.0 Å². The molecule has 0 fully saturated rings. The molecule has 0 aliphatic carbocycles. The molecule has 2 heterocycles. The van der Waals surface area contributed by atoms with E-state index < -0.39 is 52.0 Å². The van der Waals surface area contributed by atoms with E-state index in [1.165, 1.54) is 11.3 Å². The number of carbonyl (C=O) groups excluding carboxylic acids is 2. The fraction of sp³-hybridized carbons (Fsp3) is 0.368. The number of nitrogens with zero attached hydrogens (tertiary/aromatic N) is 1. The number of hydrogen-bond acceptors (Lipinski definition) is 3. The Morgan fingerprint density at radius 2 is 1.21 bits per heavy atom. The molecule has 0 atom stereocenters. The number of amides is 2. The van der Waals surface area contributed by atoms with Crippen molar-refractivity contribution in [2.24, 2.45) is 0 Å². The van der Waals surface area contributed by atoms with Gasteiger partial charge in [0.1, 0.15) is 5.69 Å². The minimum atomic E-state index is -2.36. The van der Waals surface area contributed by atoms with E-state index in [1.807, 2.05) is 0 Å². The number of carbonyl (C=O) groups is 2. The summed E-state index contributed by atoms with van der Waals surface area (Å²) in [4.78, 5) is 27.0. The van der Waals surface area contributed by atoms with Gasteiger partial charge in [0.25, 0.3) is 11.8 Å². The smallest absolute Gasteiger partial charge is 0.267 e. The maximum Gasteiger partial charge on any atom is 0.267 e. The second-order valence-corrected chi connectivity index (χ2v) is 8.87. The molecule has 9 heteroatoms. The number of anilines is 1. The van der Waals surface area contributed by atoms with E-state index in [2.05, 4.69) is 0 Å². The van der Waals surface area contributed by atoms with E-state index >= 15 is 0 Å². The molecule has 1 aliphatic heterocycles. The maximum atomic E-state index is 14.3. The van der Waals surface area contributed by atoms with Gasteiger partial charge in [-0.3, -0.25) is 9.59 Å². The van der Waals surface area contributed by atoms with Gasteiger partial charge in [0.15, 0.2) is 23.3 Å². The summed E-state index contributed by atoms with van der Waals surface area (Å²) in [7, 11) is 0. The molecule has 0 radical (unpaired) electrons. The first-order valence-corrected chi connectivity index (χ1v) is 9.19. The van der Waals surface area contributed by atoms with E-state index in [1.54, 1.807) is 34.6 Å². The topological polar surface area (TPSA) is 37.4 Å². The lowest BCUT2D eigenvalue weighted by atomic mass is 9.90. The Kier molecular flexibility index (Phi) is 4.65. The van der Waals surface area contributed by atoms with Crippen LogP contribution in [0.2, 0.25) is 0 Å². The highest BCUT2D eigenvalue weighted by atomic mass is 32.1. The minimum Gasteiger partial charge on any atom is -0.268 e. The Bertz CT molecular complexity index is 1010. The van der Waals surface area contributed by atoms with Gasteiger partial charge in [0, 0.05) is 9.75 Å². The molecule has 3 rings (SSSR count). The fourth-order valence-corrected chi connectivity index (χ4v) is 4.45. The van der Waals surface area contributed by atoms with Crippen molar-refractivity contribution in [1.29, 1.82) is 0 Å². The lowest BCUT2D eigenvalue weighted by Crippen LogP contribution is -2.33. The molecule has 1 aromatic heterocycles. The largest absolute Gasteiger partial charge is 0.268 e. The summed E-state index contributed by atoms with van der Waals surface area (Å²) >= 11 is 1.23. The molecular formula is C19H16F5NO2S. The van der Waals surface area contributed by atoms with Crippen LogP contribution in [0, 0.1) is 29.1 Å². The molecule has 0 unspecified atom stereocenters. The number of hydrogen-bond donors (Lipinski definition) is 0. The Morgan fingerprint density at radius 1 is 0.786 bits per heavy atom. The Morgan fingerprint density at radius 3 is 1.64 bits per heavy atom. The molecule has 0 saturated carbocycles. The normalized spacial score (nSPS) is 14.5. The van der Waals surface area contributed by atoms with E-state index in [0.717, 1.165) is 0 Å². The van der Waals surface area contributed by atoms with Gasteiger partial charge in [-0.1, -0.05) is 34.6 Å². The van der Waals surface area contributed by atoms with Gasteiger partial charge in [-0.2, -0.15) is 0 Å². The highest BCUT2D eigenvalue weighted by molar-refractivity contribution is 7.13. The van der Waals surface area contributed by atoms with Crippen molar-refractivity contribution in [3.05, 3.63) is 50.0 Å². The van der Waals surface area contributed by atoms with Gasteiger partial charge in [-0.05, 0) is 11.3 Å². The van der Waals surface area contributed by atoms with Crippen LogP contribution in [-0.2, 0) is 5.41 Å². The molecule has 2 aromatic rings. The van der Waals surface area contributed by atoms with E-state index in [4.69, 9.17) is 0 Å². The van der Waals surface area contributed by atoms with Crippen LogP contribution in [-0.4, -0.2) is 11.8 Å². The van der Waals surface area contributed by atoms with Crippen LogP contribution in [0.25, 0.3) is 0 Å². The molecule has 0 saturated heterocycles. The predicted molar refractivity (Wildman–Crippen MR) is 94.5 cm³/mol. The number of thiophene rings is 1. The number of imide groups is 1. The summed E-state index contributed by atoms with van der Waals surface area (Å²) in [6, 6.07) is 0. The van der Waals surface area contributed by atoms with Gasteiger partial charge >= 0.3 is 0 Å². The lowest BCUT2D eigenvalue weighted by molar-refractivity contribution is 0.0921. The van der Waals surface area contributed by atoms with Gasteiger partial charge < -0.3 is 0 Å². The van der Waals surface area contributed by atoms with Crippen LogP contribution in [0.1, 0.15) is 71.0 Å². The molecule has 150 valence electrons. The van der Waals surface area contributed by atoms with Gasteiger partial charge in [-0.25, -0.2) is 26.9 Å². The van der Waals surface area contributed by atoms with Crippen molar-refractivity contribution >= 4 is 28.8 Å². The van der Waals surface area contributed by atoms with Crippen molar-refractivity contribution in [3.63, 3.8) is 0 Å². The summed E-state index contributed by atoms with van der Waals surface area (Å²) < 4.78 is 69.1. The van der Waals surface area contributed by atoms with Gasteiger partial charge in [-0.15, -0.1) is 11.3 Å². The molecule has 0 spiro atoms. The zero-order valence-electron chi connectivity index (χ0n) is 15.6. The van der Waals surface area contributed by atoms with Gasteiger partial charge in [0.05, 0.1) is 11.1 Å². The highest BCUT2D eigenvalue weighted by Gasteiger charge is 2.47. The van der Waals surface area contributed by atoms with Crippen LogP contribution in [0.15, 0.2) is 0 Å². The maximum absolute atomic E-state index is 14.3. The van der Waals surface area contributed by atoms with Crippen molar-refractivity contribution in [1.82, 2.24) is 0 Å². The first-order valence-electron chi connectivity index (χ1n) is 8.38. The summed E-state index contributed by atoms with van der Waals surface area (Å²) in [6.45, 7) is 8.93. The van der Waals surface area contributed by atoms with Crippen LogP contribution in [0.4, 0.5) is 27.6 Å². The third-order valence-electron chi connectivity index (χ3n) is 4.39. The second-order valence-electron chi connectivity index (χ2n) is 7.81. The average molecular weight is 417 g/mol. The van der Waals surface area contributed by atoms with Crippen molar-refractivity contribution < 1.29 is 31.5 Å². The molecular weight excluding hydrogens is 401 g/mol. The number of rotatable bonds is 2. The zero-order chi connectivity index (χ0) is 21.3. The second kappa shape index (κ2) is 6.37. The Balaban J connectivity index is 2.32. The molecule has 1 aliphatic rings. The van der Waals surface area contributed by atoms with Gasteiger partial charge in [0.2, 0.25) is 5.82 Å². The first kappa shape index (κ1) is 20.4. The minimum absolute atomic E-state index is 0.0427. The van der Waals surface area contributed by atoms with E-state index in [0.29, 0.717) is 9.75 Å². The van der Waals surface area contributed by atoms with Crippen molar-refractivity contribution in [2.75, 3.05) is 4.90 Å². The first-order chi connectivity index (χ1) is 12.8. The van der Waals surface area contributed by atoms with Crippen LogP contribution < -0.4 is 4.90 Å². The molecule has 0 bridgehead atoms. The third kappa shape index (κ3) is 2.67. The monoisotopic (exact) mass is 417 g/mol. The number of fused-ring (bicyclic) bond motifs is 1. The summed E-state index contributed by atoms with van der Waals surface area (Å²) in [6.07, 6.45) is 0. The van der Waals surface area contributed by atoms with E-state index in [-0.39, 0.29) is 21.9 Å². The molecule has 0 N–H and O–H groups in total. The molecule has 1 aromatic carbocycles. The number of halogens is 5. The van der Waals surface area contributed by atoms with Crippen molar-refractivity contribution in [3.8, 4) is 0 Å². The van der Waals surface area contributed by atoms with E-state index in [9.17, 15) is 31.5 Å². The SMILES string of the molecule is CC(C)c1sc(C(C)(C)C)c2c1C(=O)N(c1c(F)c(F)c(F)c(F)c1F)C2=O. The molecule has 28 heavy (non-hydrogen) atoms. The lowest BCUT2D eigenvalue weighted by Gasteiger charge is -2.21. The van der Waals surface area contributed by atoms with Crippen LogP contribution >= 0.6 is 11.3 Å². The standard InChI is InChI=1S/C19H16F5NO2S/c1-6(2)15-7-8(16(28-15)19(3,4)5)18(27)25(17(7)26)14-12(23)10(21)9(20)11(22)13(14)24/h6H,1-5H3.